The molecule has 22 heavy (non-hydrogen) atoms. The van der Waals surface area contributed by atoms with Crippen molar-refractivity contribution in [2.24, 2.45) is 17.3 Å². The molecule has 0 unspecified atom stereocenters. The molecule has 4 atom stereocenters. The standard InChI is InChI=1S/C20H26O2/c1-12-10-14(22-3)11-13-4-5-15-16(19(12)13)8-9-20(2)17(15)6-7-18(20)21/h10-11,15-17H,4-9H2,1-3H3/t15-,16+,17+,20+/m1/s1. The molecule has 4 rings (SSSR count). The van der Waals surface area contributed by atoms with Gasteiger partial charge in [0.2, 0.25) is 0 Å². The summed E-state index contributed by atoms with van der Waals surface area (Å²) in [5.41, 5.74) is 4.44. The normalized spacial score (nSPS) is 36.5. The molecule has 0 bridgehead atoms. The van der Waals surface area contributed by atoms with Crippen LogP contribution in [0.4, 0.5) is 0 Å². The molecule has 3 aliphatic rings. The summed E-state index contributed by atoms with van der Waals surface area (Å²) in [5.74, 6) is 3.52. The van der Waals surface area contributed by atoms with E-state index in [-0.39, 0.29) is 5.41 Å². The summed E-state index contributed by atoms with van der Waals surface area (Å²) < 4.78 is 5.45. The van der Waals surface area contributed by atoms with Crippen molar-refractivity contribution in [3.05, 3.63) is 28.8 Å². The summed E-state index contributed by atoms with van der Waals surface area (Å²) in [5, 5.41) is 0. The monoisotopic (exact) mass is 298 g/mol. The average molecular weight is 298 g/mol. The Labute approximate surface area is 133 Å². The second-order valence-electron chi connectivity index (χ2n) is 7.85. The van der Waals surface area contributed by atoms with E-state index in [9.17, 15) is 4.79 Å². The zero-order chi connectivity index (χ0) is 15.5. The maximum Gasteiger partial charge on any atom is 0.139 e. The Balaban J connectivity index is 1.75. The molecule has 0 saturated heterocycles. The average Bonchev–Trinajstić information content (AvgIpc) is 2.82. The molecule has 0 aliphatic heterocycles. The van der Waals surface area contributed by atoms with Crippen molar-refractivity contribution >= 4 is 5.78 Å². The number of aryl methyl sites for hydroxylation is 2. The smallest absolute Gasteiger partial charge is 0.139 e. The molecule has 2 heteroatoms. The van der Waals surface area contributed by atoms with Crippen LogP contribution in [0.15, 0.2) is 12.1 Å². The van der Waals surface area contributed by atoms with Crippen LogP contribution >= 0.6 is 0 Å². The summed E-state index contributed by atoms with van der Waals surface area (Å²) in [4.78, 5) is 12.4. The number of Topliss-reactive ketones (excluding diaryl/α,β-unsaturated/α-hetero) is 1. The van der Waals surface area contributed by atoms with Gasteiger partial charge in [-0.1, -0.05) is 6.92 Å². The van der Waals surface area contributed by atoms with Crippen molar-refractivity contribution in [2.45, 2.75) is 58.3 Å². The van der Waals surface area contributed by atoms with Crippen LogP contribution in [0.1, 0.15) is 61.6 Å². The predicted molar refractivity (Wildman–Crippen MR) is 87.4 cm³/mol. The van der Waals surface area contributed by atoms with Gasteiger partial charge in [-0.2, -0.15) is 0 Å². The van der Waals surface area contributed by atoms with E-state index in [0.717, 1.165) is 31.4 Å². The van der Waals surface area contributed by atoms with Gasteiger partial charge in [0.15, 0.2) is 0 Å². The Morgan fingerprint density at radius 1 is 1.18 bits per heavy atom. The zero-order valence-corrected chi connectivity index (χ0v) is 13.9. The summed E-state index contributed by atoms with van der Waals surface area (Å²) in [7, 11) is 1.75. The van der Waals surface area contributed by atoms with Crippen LogP contribution in [-0.2, 0) is 11.2 Å². The Kier molecular flexibility index (Phi) is 3.15. The third-order valence-corrected chi connectivity index (χ3v) is 6.95. The van der Waals surface area contributed by atoms with Crippen molar-refractivity contribution in [1.82, 2.24) is 0 Å². The lowest BCUT2D eigenvalue weighted by Crippen LogP contribution is -2.42. The van der Waals surface area contributed by atoms with Crippen LogP contribution in [0.5, 0.6) is 5.75 Å². The second-order valence-corrected chi connectivity index (χ2v) is 7.85. The number of ketones is 1. The Morgan fingerprint density at radius 3 is 2.77 bits per heavy atom. The van der Waals surface area contributed by atoms with Crippen LogP contribution in [-0.4, -0.2) is 12.9 Å². The van der Waals surface area contributed by atoms with Gasteiger partial charge in [-0.05, 0) is 85.6 Å². The number of rotatable bonds is 1. The fourth-order valence-electron chi connectivity index (χ4n) is 5.83. The van der Waals surface area contributed by atoms with Gasteiger partial charge in [-0.25, -0.2) is 0 Å². The van der Waals surface area contributed by atoms with Gasteiger partial charge in [-0.3, -0.25) is 4.79 Å². The lowest BCUT2D eigenvalue weighted by Gasteiger charge is -2.48. The van der Waals surface area contributed by atoms with Crippen molar-refractivity contribution in [3.8, 4) is 5.75 Å². The van der Waals surface area contributed by atoms with Crippen LogP contribution < -0.4 is 4.74 Å². The molecular formula is C20H26O2. The first-order valence-corrected chi connectivity index (χ1v) is 8.75. The largest absolute Gasteiger partial charge is 0.497 e. The highest BCUT2D eigenvalue weighted by Crippen LogP contribution is 2.60. The van der Waals surface area contributed by atoms with Crippen LogP contribution in [0.25, 0.3) is 0 Å². The molecule has 2 fully saturated rings. The second kappa shape index (κ2) is 4.84. The van der Waals surface area contributed by atoms with Gasteiger partial charge in [0.1, 0.15) is 11.5 Å². The van der Waals surface area contributed by atoms with E-state index < -0.39 is 0 Å². The topological polar surface area (TPSA) is 26.3 Å². The molecule has 3 aliphatic carbocycles. The van der Waals surface area contributed by atoms with Gasteiger partial charge in [-0.15, -0.1) is 0 Å². The van der Waals surface area contributed by atoms with Gasteiger partial charge < -0.3 is 4.74 Å². The first-order chi connectivity index (χ1) is 10.5. The highest BCUT2D eigenvalue weighted by molar-refractivity contribution is 5.87. The molecule has 1 aromatic carbocycles. The van der Waals surface area contributed by atoms with Crippen molar-refractivity contribution in [3.63, 3.8) is 0 Å². The first-order valence-electron chi connectivity index (χ1n) is 8.75. The van der Waals surface area contributed by atoms with Gasteiger partial charge >= 0.3 is 0 Å². The Bertz CT molecular complexity index is 633. The fourth-order valence-corrected chi connectivity index (χ4v) is 5.83. The molecule has 0 N–H and O–H groups in total. The molecule has 0 aromatic heterocycles. The van der Waals surface area contributed by atoms with Crippen LogP contribution in [0.3, 0.4) is 0 Å². The van der Waals surface area contributed by atoms with E-state index in [1.54, 1.807) is 12.7 Å². The Hall–Kier alpha value is -1.31. The lowest BCUT2D eigenvalue weighted by atomic mass is 9.55. The van der Waals surface area contributed by atoms with E-state index in [1.165, 1.54) is 24.0 Å². The molecular weight excluding hydrogens is 272 g/mol. The molecule has 118 valence electrons. The number of hydrogen-bond acceptors (Lipinski definition) is 2. The summed E-state index contributed by atoms with van der Waals surface area (Å²) in [6.07, 6.45) is 6.61. The molecule has 0 radical (unpaired) electrons. The Morgan fingerprint density at radius 2 is 2.00 bits per heavy atom. The highest BCUT2D eigenvalue weighted by atomic mass is 16.5. The summed E-state index contributed by atoms with van der Waals surface area (Å²) in [6.45, 7) is 4.48. The minimum absolute atomic E-state index is 0.0148. The molecule has 2 saturated carbocycles. The van der Waals surface area contributed by atoms with E-state index in [1.807, 2.05) is 0 Å². The summed E-state index contributed by atoms with van der Waals surface area (Å²) in [6, 6.07) is 4.43. The van der Waals surface area contributed by atoms with Gasteiger partial charge in [0.05, 0.1) is 7.11 Å². The highest BCUT2D eigenvalue weighted by Gasteiger charge is 2.54. The maximum atomic E-state index is 12.4. The quantitative estimate of drug-likeness (QED) is 0.766. The van der Waals surface area contributed by atoms with E-state index in [2.05, 4.69) is 26.0 Å². The van der Waals surface area contributed by atoms with Crippen LogP contribution in [0, 0.1) is 24.2 Å². The fraction of sp³-hybridized carbons (Fsp3) is 0.650. The predicted octanol–water partition coefficient (Wildman–Crippen LogP) is 4.43. The SMILES string of the molecule is COc1cc(C)c2c(c1)CC[C@@H]1[C@@H]2CC[C@]2(C)C(=O)CC[C@@H]12. The van der Waals surface area contributed by atoms with Crippen LogP contribution in [0.2, 0.25) is 0 Å². The maximum absolute atomic E-state index is 12.4. The number of carbonyl (C=O) groups is 1. The number of methoxy groups -OCH3 is 1. The number of hydrogen-bond donors (Lipinski definition) is 0. The zero-order valence-electron chi connectivity index (χ0n) is 13.9. The van der Waals surface area contributed by atoms with Gasteiger partial charge in [0.25, 0.3) is 0 Å². The lowest BCUT2D eigenvalue weighted by molar-refractivity contribution is -0.129. The van der Waals surface area contributed by atoms with Crippen molar-refractivity contribution < 1.29 is 9.53 Å². The summed E-state index contributed by atoms with van der Waals surface area (Å²) >= 11 is 0. The van der Waals surface area contributed by atoms with E-state index >= 15 is 0 Å². The minimum Gasteiger partial charge on any atom is -0.497 e. The number of ether oxygens (including phenoxy) is 1. The van der Waals surface area contributed by atoms with Crippen molar-refractivity contribution in [1.29, 1.82) is 0 Å². The first kappa shape index (κ1) is 14.3. The van der Waals surface area contributed by atoms with Gasteiger partial charge in [0, 0.05) is 11.8 Å². The number of benzene rings is 1. The third-order valence-electron chi connectivity index (χ3n) is 6.95. The van der Waals surface area contributed by atoms with Crippen molar-refractivity contribution in [2.75, 3.05) is 7.11 Å². The van der Waals surface area contributed by atoms with E-state index in [4.69, 9.17) is 4.74 Å². The molecule has 1 aromatic rings. The third kappa shape index (κ3) is 1.82. The molecule has 0 amide bonds. The number of fused-ring (bicyclic) bond motifs is 5. The minimum atomic E-state index is -0.0148. The van der Waals surface area contributed by atoms with E-state index in [0.29, 0.717) is 23.5 Å². The molecule has 0 heterocycles. The molecule has 0 spiro atoms. The molecule has 2 nitrogen and oxygen atoms in total. The number of carbonyl (C=O) groups excluding carboxylic acids is 1.